The Labute approximate surface area is 187 Å². The van der Waals surface area contributed by atoms with Gasteiger partial charge in [0.15, 0.2) is 6.04 Å². The maximum Gasteiger partial charge on any atom is 0.333 e. The average molecular weight is 432 g/mol. The molecule has 0 heterocycles. The van der Waals surface area contributed by atoms with Crippen molar-refractivity contribution in [2.75, 3.05) is 19.0 Å². The smallest absolute Gasteiger partial charge is 0.333 e. The van der Waals surface area contributed by atoms with Gasteiger partial charge in [-0.2, -0.15) is 5.26 Å². The van der Waals surface area contributed by atoms with Gasteiger partial charge in [-0.15, -0.1) is 0 Å². The van der Waals surface area contributed by atoms with Gasteiger partial charge in [-0.25, -0.2) is 9.18 Å². The molecule has 0 aliphatic carbocycles. The van der Waals surface area contributed by atoms with Crippen LogP contribution in [0.1, 0.15) is 35.2 Å². The fourth-order valence-corrected chi connectivity index (χ4v) is 3.34. The van der Waals surface area contributed by atoms with E-state index in [2.05, 4.69) is 11.4 Å². The zero-order valence-electron chi connectivity index (χ0n) is 18.1. The van der Waals surface area contributed by atoms with Crippen LogP contribution in [0.15, 0.2) is 66.7 Å². The molecule has 0 spiro atoms. The number of benzene rings is 3. The lowest BCUT2D eigenvalue weighted by molar-refractivity contribution is -0.141. The molecule has 5 nitrogen and oxygen atoms in total. The molecule has 1 unspecified atom stereocenters. The van der Waals surface area contributed by atoms with Crippen LogP contribution >= 0.6 is 0 Å². The molecule has 0 saturated carbocycles. The first kappa shape index (κ1) is 22.8. The van der Waals surface area contributed by atoms with Gasteiger partial charge in [0.25, 0.3) is 0 Å². The van der Waals surface area contributed by atoms with E-state index >= 15 is 0 Å². The van der Waals surface area contributed by atoms with Crippen molar-refractivity contribution in [2.45, 2.75) is 25.8 Å². The van der Waals surface area contributed by atoms with Crippen molar-refractivity contribution in [1.29, 1.82) is 5.26 Å². The molecule has 0 radical (unpaired) electrons. The third-order valence-electron chi connectivity index (χ3n) is 5.14. The largest absolute Gasteiger partial charge is 0.493 e. The van der Waals surface area contributed by atoms with Crippen LogP contribution in [-0.2, 0) is 22.4 Å². The lowest BCUT2D eigenvalue weighted by Gasteiger charge is -2.22. The molecule has 0 saturated heterocycles. The number of carbonyl (C=O) groups excluding carboxylic acids is 1. The Balaban J connectivity index is 1.87. The standard InChI is InChI=1S/C26H25FN2O3/c1-3-18-10-13-24(32-15-14-20-6-4-5-7-23(20)27)22(16-18)25(26(30)31-2)29-21-11-8-19(17-28)9-12-21/h4-13,16,25,29H,3,14-15H2,1-2H3. The predicted molar refractivity (Wildman–Crippen MR) is 121 cm³/mol. The van der Waals surface area contributed by atoms with Gasteiger partial charge in [0.05, 0.1) is 25.3 Å². The molecule has 3 rings (SSSR count). The van der Waals surface area contributed by atoms with Gasteiger partial charge in [-0.1, -0.05) is 31.2 Å². The number of hydrogen-bond acceptors (Lipinski definition) is 5. The summed E-state index contributed by atoms with van der Waals surface area (Å²) in [5.41, 5.74) is 3.43. The number of hydrogen-bond donors (Lipinski definition) is 1. The summed E-state index contributed by atoms with van der Waals surface area (Å²) in [6.07, 6.45) is 1.18. The molecule has 32 heavy (non-hydrogen) atoms. The maximum absolute atomic E-state index is 13.9. The highest BCUT2D eigenvalue weighted by Crippen LogP contribution is 2.31. The van der Waals surface area contributed by atoms with Gasteiger partial charge in [0, 0.05) is 17.7 Å². The molecule has 0 bridgehead atoms. The molecule has 3 aromatic rings. The fraction of sp³-hybridized carbons (Fsp3) is 0.231. The molecule has 1 atom stereocenters. The number of ether oxygens (including phenoxy) is 2. The van der Waals surface area contributed by atoms with E-state index in [0.717, 1.165) is 12.0 Å². The Hall–Kier alpha value is -3.85. The van der Waals surface area contributed by atoms with E-state index in [0.29, 0.717) is 34.5 Å². The summed E-state index contributed by atoms with van der Waals surface area (Å²) < 4.78 is 25.0. The summed E-state index contributed by atoms with van der Waals surface area (Å²) in [5, 5.41) is 12.2. The van der Waals surface area contributed by atoms with Crippen LogP contribution in [0, 0.1) is 17.1 Å². The zero-order chi connectivity index (χ0) is 22.9. The van der Waals surface area contributed by atoms with Crippen molar-refractivity contribution in [1.82, 2.24) is 0 Å². The SMILES string of the molecule is CCc1ccc(OCCc2ccccc2F)c(C(Nc2ccc(C#N)cc2)C(=O)OC)c1. The van der Waals surface area contributed by atoms with Crippen molar-refractivity contribution in [2.24, 2.45) is 0 Å². The average Bonchev–Trinajstić information content (AvgIpc) is 2.84. The van der Waals surface area contributed by atoms with Crippen LogP contribution in [0.3, 0.4) is 0 Å². The highest BCUT2D eigenvalue weighted by molar-refractivity contribution is 5.82. The van der Waals surface area contributed by atoms with Crippen molar-refractivity contribution in [3.05, 3.63) is 94.8 Å². The van der Waals surface area contributed by atoms with E-state index in [4.69, 9.17) is 14.7 Å². The molecular weight excluding hydrogens is 407 g/mol. The van der Waals surface area contributed by atoms with E-state index in [9.17, 15) is 9.18 Å². The molecule has 0 fully saturated rings. The molecule has 0 aliphatic rings. The van der Waals surface area contributed by atoms with Crippen LogP contribution in [0.2, 0.25) is 0 Å². The van der Waals surface area contributed by atoms with Crippen LogP contribution in [0.5, 0.6) is 5.75 Å². The van der Waals surface area contributed by atoms with Gasteiger partial charge in [-0.05, 0) is 60.0 Å². The number of rotatable bonds is 9. The second-order valence-corrected chi connectivity index (χ2v) is 7.21. The van der Waals surface area contributed by atoms with Gasteiger partial charge < -0.3 is 14.8 Å². The van der Waals surface area contributed by atoms with Gasteiger partial charge in [0.1, 0.15) is 11.6 Å². The molecular formula is C26H25FN2O3. The number of carbonyl (C=O) groups is 1. The van der Waals surface area contributed by atoms with Crippen molar-refractivity contribution in [3.63, 3.8) is 0 Å². The Morgan fingerprint density at radius 2 is 1.88 bits per heavy atom. The van der Waals surface area contributed by atoms with Crippen molar-refractivity contribution < 1.29 is 18.7 Å². The van der Waals surface area contributed by atoms with Gasteiger partial charge in [0.2, 0.25) is 0 Å². The van der Waals surface area contributed by atoms with E-state index in [1.807, 2.05) is 25.1 Å². The second kappa shape index (κ2) is 11.0. The Morgan fingerprint density at radius 3 is 2.53 bits per heavy atom. The normalized spacial score (nSPS) is 11.3. The topological polar surface area (TPSA) is 71.3 Å². The number of anilines is 1. The third kappa shape index (κ3) is 5.64. The lowest BCUT2D eigenvalue weighted by atomic mass is 10.0. The number of halogens is 1. The van der Waals surface area contributed by atoms with E-state index in [1.165, 1.54) is 13.2 Å². The first-order valence-electron chi connectivity index (χ1n) is 10.4. The summed E-state index contributed by atoms with van der Waals surface area (Å²) in [6, 6.07) is 20.3. The minimum atomic E-state index is -0.817. The van der Waals surface area contributed by atoms with E-state index in [-0.39, 0.29) is 12.4 Å². The molecule has 1 N–H and O–H groups in total. The Bertz CT molecular complexity index is 1110. The quantitative estimate of drug-likeness (QED) is 0.470. The van der Waals surface area contributed by atoms with E-state index in [1.54, 1.807) is 42.5 Å². The Kier molecular flexibility index (Phi) is 7.82. The van der Waals surface area contributed by atoms with E-state index < -0.39 is 12.0 Å². The Morgan fingerprint density at radius 1 is 1.12 bits per heavy atom. The van der Waals surface area contributed by atoms with Crippen LogP contribution in [0.25, 0.3) is 0 Å². The van der Waals surface area contributed by atoms with Crippen molar-refractivity contribution >= 4 is 11.7 Å². The summed E-state index contributed by atoms with van der Waals surface area (Å²) in [6.45, 7) is 2.28. The molecule has 3 aromatic carbocycles. The van der Waals surface area contributed by atoms with Crippen LogP contribution < -0.4 is 10.1 Å². The molecule has 0 aliphatic heterocycles. The van der Waals surface area contributed by atoms with Crippen LogP contribution in [0.4, 0.5) is 10.1 Å². The van der Waals surface area contributed by atoms with Crippen LogP contribution in [-0.4, -0.2) is 19.7 Å². The third-order valence-corrected chi connectivity index (χ3v) is 5.14. The minimum absolute atomic E-state index is 0.254. The molecule has 164 valence electrons. The highest BCUT2D eigenvalue weighted by Gasteiger charge is 2.25. The first-order chi connectivity index (χ1) is 15.5. The number of methoxy groups -OCH3 is 1. The summed E-state index contributed by atoms with van der Waals surface area (Å²) >= 11 is 0. The molecule has 0 aromatic heterocycles. The molecule has 0 amide bonds. The zero-order valence-corrected chi connectivity index (χ0v) is 18.1. The molecule has 6 heteroatoms. The minimum Gasteiger partial charge on any atom is -0.493 e. The number of aryl methyl sites for hydroxylation is 1. The number of nitrogens with zero attached hydrogens (tertiary/aromatic N) is 1. The predicted octanol–water partition coefficient (Wildman–Crippen LogP) is 5.21. The lowest BCUT2D eigenvalue weighted by Crippen LogP contribution is -2.23. The first-order valence-corrected chi connectivity index (χ1v) is 10.4. The maximum atomic E-state index is 13.9. The number of nitriles is 1. The second-order valence-electron chi connectivity index (χ2n) is 7.21. The summed E-state index contributed by atoms with van der Waals surface area (Å²) in [4.78, 5) is 12.7. The van der Waals surface area contributed by atoms with Gasteiger partial charge >= 0.3 is 5.97 Å². The van der Waals surface area contributed by atoms with Gasteiger partial charge in [-0.3, -0.25) is 0 Å². The summed E-state index contributed by atoms with van der Waals surface area (Å²) in [7, 11) is 1.33. The number of esters is 1. The monoisotopic (exact) mass is 432 g/mol. The fourth-order valence-electron chi connectivity index (χ4n) is 3.34. The van der Waals surface area contributed by atoms with Crippen molar-refractivity contribution in [3.8, 4) is 11.8 Å². The number of nitrogens with one attached hydrogen (secondary N) is 1. The highest BCUT2D eigenvalue weighted by atomic mass is 19.1. The summed E-state index contributed by atoms with van der Waals surface area (Å²) in [5.74, 6) is -0.218.